The highest BCUT2D eigenvalue weighted by Crippen LogP contribution is 2.32. The van der Waals surface area contributed by atoms with Gasteiger partial charge in [0.1, 0.15) is 18.1 Å². The first-order valence-electron chi connectivity index (χ1n) is 6.88. The number of halogens is 1. The number of ether oxygens (including phenoxy) is 1. The Morgan fingerprint density at radius 2 is 1.82 bits per heavy atom. The largest absolute Gasteiger partial charge is 0.478 e. The summed E-state index contributed by atoms with van der Waals surface area (Å²) in [6.07, 6.45) is -0.0488. The van der Waals surface area contributed by atoms with Gasteiger partial charge in [-0.2, -0.15) is 0 Å². The normalized spacial score (nSPS) is 20.5. The van der Waals surface area contributed by atoms with Crippen LogP contribution in [-0.2, 0) is 9.59 Å². The zero-order valence-electron chi connectivity index (χ0n) is 11.9. The third kappa shape index (κ3) is 2.46. The Kier molecular flexibility index (Phi) is 3.86. The summed E-state index contributed by atoms with van der Waals surface area (Å²) in [7, 11) is 0. The van der Waals surface area contributed by atoms with Gasteiger partial charge in [-0.05, 0) is 42.8 Å². The summed E-state index contributed by atoms with van der Waals surface area (Å²) in [5.74, 6) is 0.292. The number of aldehydes is 1. The number of aryl methyl sites for hydroxylation is 1. The highest BCUT2D eigenvalue weighted by atomic mass is 35.5. The maximum Gasteiger partial charge on any atom is 0.271 e. The molecule has 0 bridgehead atoms. The number of carbonyl (C=O) groups is 2. The molecule has 1 fully saturated rings. The minimum atomic E-state index is -0.793. The summed E-state index contributed by atoms with van der Waals surface area (Å²) >= 11 is 5.81. The van der Waals surface area contributed by atoms with Crippen molar-refractivity contribution in [3.05, 3.63) is 59.1 Å². The van der Waals surface area contributed by atoms with Crippen molar-refractivity contribution in [2.45, 2.75) is 19.1 Å². The van der Waals surface area contributed by atoms with E-state index in [1.807, 2.05) is 31.2 Å². The second kappa shape index (κ2) is 5.81. The zero-order valence-corrected chi connectivity index (χ0v) is 12.7. The van der Waals surface area contributed by atoms with Gasteiger partial charge in [0, 0.05) is 10.7 Å². The SMILES string of the molecule is Cc1ccccc1N1C(=O)[C@H](Oc2ccc(Cl)cc2)[C@@H]1C=O. The summed E-state index contributed by atoms with van der Waals surface area (Å²) in [5, 5.41) is 0.584. The Morgan fingerprint density at radius 3 is 2.45 bits per heavy atom. The van der Waals surface area contributed by atoms with Gasteiger partial charge < -0.3 is 9.53 Å². The Morgan fingerprint density at radius 1 is 1.14 bits per heavy atom. The lowest BCUT2D eigenvalue weighted by atomic mass is 9.96. The molecule has 4 nitrogen and oxygen atoms in total. The van der Waals surface area contributed by atoms with Gasteiger partial charge >= 0.3 is 0 Å². The third-order valence-electron chi connectivity index (χ3n) is 3.68. The molecule has 0 N–H and O–H groups in total. The molecule has 2 atom stereocenters. The fourth-order valence-electron chi connectivity index (χ4n) is 2.51. The lowest BCUT2D eigenvalue weighted by Crippen LogP contribution is -2.68. The van der Waals surface area contributed by atoms with Gasteiger partial charge in [0.05, 0.1) is 0 Å². The smallest absolute Gasteiger partial charge is 0.271 e. The van der Waals surface area contributed by atoms with Gasteiger partial charge in [-0.25, -0.2) is 0 Å². The average Bonchev–Trinajstić information content (AvgIpc) is 2.53. The van der Waals surface area contributed by atoms with Crippen molar-refractivity contribution in [2.75, 3.05) is 4.90 Å². The van der Waals surface area contributed by atoms with Gasteiger partial charge in [-0.3, -0.25) is 9.69 Å². The van der Waals surface area contributed by atoms with Crippen LogP contribution in [0.15, 0.2) is 48.5 Å². The summed E-state index contributed by atoms with van der Waals surface area (Å²) in [4.78, 5) is 25.2. The van der Waals surface area contributed by atoms with Gasteiger partial charge in [0.25, 0.3) is 5.91 Å². The van der Waals surface area contributed by atoms with Crippen LogP contribution in [0.4, 0.5) is 5.69 Å². The zero-order chi connectivity index (χ0) is 15.7. The molecule has 0 saturated carbocycles. The van der Waals surface area contributed by atoms with Crippen molar-refractivity contribution >= 4 is 29.5 Å². The number of carbonyl (C=O) groups excluding carboxylic acids is 2. The monoisotopic (exact) mass is 315 g/mol. The second-order valence-electron chi connectivity index (χ2n) is 5.11. The van der Waals surface area contributed by atoms with E-state index in [1.165, 1.54) is 4.90 Å². The molecule has 1 aliphatic heterocycles. The molecule has 0 spiro atoms. The van der Waals surface area contributed by atoms with E-state index in [0.717, 1.165) is 17.5 Å². The number of β-lactam (4-membered cyclic amide) rings is 1. The van der Waals surface area contributed by atoms with E-state index in [9.17, 15) is 9.59 Å². The highest BCUT2D eigenvalue weighted by molar-refractivity contribution is 6.30. The van der Waals surface area contributed by atoms with Crippen molar-refractivity contribution in [1.82, 2.24) is 0 Å². The van der Waals surface area contributed by atoms with Gasteiger partial charge in [-0.15, -0.1) is 0 Å². The van der Waals surface area contributed by atoms with Crippen LogP contribution >= 0.6 is 11.6 Å². The van der Waals surface area contributed by atoms with Crippen molar-refractivity contribution in [1.29, 1.82) is 0 Å². The second-order valence-corrected chi connectivity index (χ2v) is 5.55. The van der Waals surface area contributed by atoms with E-state index in [2.05, 4.69) is 0 Å². The molecule has 0 radical (unpaired) electrons. The molecule has 3 rings (SSSR count). The molecule has 0 aromatic heterocycles. The molecule has 1 heterocycles. The lowest BCUT2D eigenvalue weighted by molar-refractivity contribution is -0.138. The van der Waals surface area contributed by atoms with E-state index in [1.54, 1.807) is 24.3 Å². The summed E-state index contributed by atoms with van der Waals surface area (Å²) in [6.45, 7) is 1.90. The Bertz CT molecular complexity index is 714. The molecule has 5 heteroatoms. The molecule has 0 aliphatic carbocycles. The van der Waals surface area contributed by atoms with Crippen LogP contribution in [0.1, 0.15) is 5.56 Å². The van der Waals surface area contributed by atoms with Crippen LogP contribution < -0.4 is 9.64 Å². The first kappa shape index (κ1) is 14.6. The van der Waals surface area contributed by atoms with E-state index in [-0.39, 0.29) is 5.91 Å². The number of hydrogen-bond donors (Lipinski definition) is 0. The number of rotatable bonds is 4. The number of anilines is 1. The van der Waals surface area contributed by atoms with Gasteiger partial charge in [-0.1, -0.05) is 29.8 Å². The average molecular weight is 316 g/mol. The van der Waals surface area contributed by atoms with Crippen LogP contribution in [0.2, 0.25) is 5.02 Å². The molecule has 2 aromatic rings. The van der Waals surface area contributed by atoms with Crippen LogP contribution in [0.5, 0.6) is 5.75 Å². The summed E-state index contributed by atoms with van der Waals surface area (Å²) in [6, 6.07) is 13.5. The van der Waals surface area contributed by atoms with Crippen molar-refractivity contribution < 1.29 is 14.3 Å². The molecular weight excluding hydrogens is 302 g/mol. The highest BCUT2D eigenvalue weighted by Gasteiger charge is 2.50. The fourth-order valence-corrected chi connectivity index (χ4v) is 2.63. The number of nitrogens with zero attached hydrogens (tertiary/aromatic N) is 1. The number of para-hydroxylation sites is 1. The van der Waals surface area contributed by atoms with Crippen molar-refractivity contribution in [2.24, 2.45) is 0 Å². The third-order valence-corrected chi connectivity index (χ3v) is 3.93. The molecule has 0 unspecified atom stereocenters. The van der Waals surface area contributed by atoms with E-state index >= 15 is 0 Å². The molecule has 2 aromatic carbocycles. The summed E-state index contributed by atoms with van der Waals surface area (Å²) < 4.78 is 5.63. The first-order chi connectivity index (χ1) is 10.6. The topological polar surface area (TPSA) is 46.6 Å². The van der Waals surface area contributed by atoms with Gasteiger partial charge in [0.15, 0.2) is 0 Å². The van der Waals surface area contributed by atoms with Crippen LogP contribution in [0.3, 0.4) is 0 Å². The number of benzene rings is 2. The maximum absolute atomic E-state index is 12.4. The molecule has 1 amide bonds. The Balaban J connectivity index is 1.81. The molecular formula is C17H14ClNO3. The maximum atomic E-state index is 12.4. The Labute approximate surface area is 133 Å². The van der Waals surface area contributed by atoms with Crippen molar-refractivity contribution in [3.8, 4) is 5.75 Å². The number of amides is 1. The quantitative estimate of drug-likeness (QED) is 0.643. The number of hydrogen-bond acceptors (Lipinski definition) is 3. The minimum absolute atomic E-state index is 0.221. The minimum Gasteiger partial charge on any atom is -0.478 e. The first-order valence-corrected chi connectivity index (χ1v) is 7.26. The standard InChI is InChI=1S/C17H14ClNO3/c1-11-4-2-3-5-14(11)19-15(10-20)16(17(19)21)22-13-8-6-12(18)7-9-13/h2-10,15-16H,1H3/t15-,16+/m0/s1. The van der Waals surface area contributed by atoms with E-state index in [0.29, 0.717) is 10.8 Å². The Hall–Kier alpha value is -2.33. The molecule has 1 aliphatic rings. The van der Waals surface area contributed by atoms with Crippen LogP contribution in [0.25, 0.3) is 0 Å². The van der Waals surface area contributed by atoms with E-state index in [4.69, 9.17) is 16.3 Å². The van der Waals surface area contributed by atoms with E-state index < -0.39 is 12.1 Å². The predicted octanol–water partition coefficient (Wildman–Crippen LogP) is 3.01. The molecule has 22 heavy (non-hydrogen) atoms. The van der Waals surface area contributed by atoms with Crippen LogP contribution in [0, 0.1) is 6.92 Å². The van der Waals surface area contributed by atoms with Crippen LogP contribution in [-0.4, -0.2) is 24.3 Å². The predicted molar refractivity (Wildman–Crippen MR) is 84.4 cm³/mol. The molecule has 112 valence electrons. The summed E-state index contributed by atoms with van der Waals surface area (Å²) in [5.41, 5.74) is 1.67. The van der Waals surface area contributed by atoms with Gasteiger partial charge in [0.2, 0.25) is 6.10 Å². The fraction of sp³-hybridized carbons (Fsp3) is 0.176. The van der Waals surface area contributed by atoms with Crippen molar-refractivity contribution in [3.63, 3.8) is 0 Å². The molecule has 1 saturated heterocycles. The lowest BCUT2D eigenvalue weighted by Gasteiger charge is -2.44.